The van der Waals surface area contributed by atoms with Crippen molar-refractivity contribution in [1.29, 1.82) is 0 Å². The van der Waals surface area contributed by atoms with E-state index < -0.39 is 0 Å². The van der Waals surface area contributed by atoms with E-state index >= 15 is 0 Å². The van der Waals surface area contributed by atoms with Crippen LogP contribution >= 0.6 is 11.6 Å². The molecule has 2 heteroatoms. The third kappa shape index (κ3) is 1.99. The van der Waals surface area contributed by atoms with E-state index in [4.69, 9.17) is 17.3 Å². The smallest absolute Gasteiger partial charge is 0.0408 e. The predicted molar refractivity (Wildman–Crippen MR) is 53.4 cm³/mol. The molecule has 0 unspecified atom stereocenters. The summed E-state index contributed by atoms with van der Waals surface area (Å²) in [6.07, 6.45) is 0.984. The third-order valence-electron chi connectivity index (χ3n) is 1.98. The Kier molecular flexibility index (Phi) is 3.12. The van der Waals surface area contributed by atoms with E-state index in [0.29, 0.717) is 0 Å². The number of nitrogens with two attached hydrogens (primary N) is 1. The SMILES string of the molecule is CCc1cc(Cl)ccc1[C@@H](C)N. The first-order valence-corrected chi connectivity index (χ1v) is 4.56. The summed E-state index contributed by atoms with van der Waals surface area (Å²) in [5.74, 6) is 0. The molecule has 0 saturated heterocycles. The lowest BCUT2D eigenvalue weighted by Crippen LogP contribution is -2.07. The molecule has 1 aromatic carbocycles. The van der Waals surface area contributed by atoms with Gasteiger partial charge in [0.05, 0.1) is 0 Å². The molecule has 0 aliphatic heterocycles. The van der Waals surface area contributed by atoms with Gasteiger partial charge >= 0.3 is 0 Å². The number of hydrogen-bond acceptors (Lipinski definition) is 1. The minimum Gasteiger partial charge on any atom is -0.324 e. The lowest BCUT2D eigenvalue weighted by molar-refractivity contribution is 0.801. The highest BCUT2D eigenvalue weighted by molar-refractivity contribution is 6.30. The summed E-state index contributed by atoms with van der Waals surface area (Å²) in [6.45, 7) is 4.10. The second-order valence-corrected chi connectivity index (χ2v) is 3.42. The Morgan fingerprint density at radius 3 is 2.67 bits per heavy atom. The van der Waals surface area contributed by atoms with Gasteiger partial charge in [-0.15, -0.1) is 0 Å². The van der Waals surface area contributed by atoms with Crippen molar-refractivity contribution >= 4 is 11.6 Å². The van der Waals surface area contributed by atoms with Gasteiger partial charge in [-0.2, -0.15) is 0 Å². The molecular weight excluding hydrogens is 170 g/mol. The average Bonchev–Trinajstić information content (AvgIpc) is 2.03. The minimum absolute atomic E-state index is 0.0946. The summed E-state index contributed by atoms with van der Waals surface area (Å²) in [7, 11) is 0. The number of halogens is 1. The molecule has 0 aliphatic carbocycles. The quantitative estimate of drug-likeness (QED) is 0.750. The molecule has 0 bridgehead atoms. The molecule has 1 atom stereocenters. The van der Waals surface area contributed by atoms with Crippen LogP contribution in [0.15, 0.2) is 18.2 Å². The highest BCUT2D eigenvalue weighted by Gasteiger charge is 2.04. The Bertz CT molecular complexity index is 269. The third-order valence-corrected chi connectivity index (χ3v) is 2.21. The summed E-state index contributed by atoms with van der Waals surface area (Å²) in [5, 5.41) is 0.788. The van der Waals surface area contributed by atoms with Crippen LogP contribution in [0.25, 0.3) is 0 Å². The van der Waals surface area contributed by atoms with Gasteiger partial charge in [-0.25, -0.2) is 0 Å². The summed E-state index contributed by atoms with van der Waals surface area (Å²) >= 11 is 5.86. The normalized spacial score (nSPS) is 13.0. The molecule has 2 N–H and O–H groups in total. The average molecular weight is 184 g/mol. The van der Waals surface area contributed by atoms with Crippen molar-refractivity contribution < 1.29 is 0 Å². The highest BCUT2D eigenvalue weighted by Crippen LogP contribution is 2.20. The Labute approximate surface area is 78.5 Å². The molecular formula is C10H14ClN. The monoisotopic (exact) mass is 183 g/mol. The number of aryl methyl sites for hydroxylation is 1. The minimum atomic E-state index is 0.0946. The Morgan fingerprint density at radius 2 is 2.17 bits per heavy atom. The van der Waals surface area contributed by atoms with Crippen molar-refractivity contribution in [2.45, 2.75) is 26.3 Å². The van der Waals surface area contributed by atoms with Gasteiger partial charge in [0.1, 0.15) is 0 Å². The largest absolute Gasteiger partial charge is 0.324 e. The fraction of sp³-hybridized carbons (Fsp3) is 0.400. The molecule has 1 nitrogen and oxygen atoms in total. The zero-order chi connectivity index (χ0) is 9.14. The van der Waals surface area contributed by atoms with E-state index in [1.54, 1.807) is 0 Å². The first-order chi connectivity index (χ1) is 5.65. The second-order valence-electron chi connectivity index (χ2n) is 2.99. The Morgan fingerprint density at radius 1 is 1.50 bits per heavy atom. The lowest BCUT2D eigenvalue weighted by atomic mass is 10.0. The number of benzene rings is 1. The summed E-state index contributed by atoms with van der Waals surface area (Å²) in [6, 6.07) is 5.98. The van der Waals surface area contributed by atoms with E-state index in [-0.39, 0.29) is 6.04 Å². The van der Waals surface area contributed by atoms with E-state index in [9.17, 15) is 0 Å². The first-order valence-electron chi connectivity index (χ1n) is 4.19. The van der Waals surface area contributed by atoms with E-state index in [2.05, 4.69) is 6.92 Å². The summed E-state index contributed by atoms with van der Waals surface area (Å²) in [5.41, 5.74) is 8.24. The molecule has 1 rings (SSSR count). The standard InChI is InChI=1S/C10H14ClN/c1-3-8-6-9(11)4-5-10(8)7(2)12/h4-7H,3,12H2,1-2H3/t7-/m1/s1. The molecule has 0 aliphatic rings. The van der Waals surface area contributed by atoms with Gasteiger partial charge in [0.25, 0.3) is 0 Å². The van der Waals surface area contributed by atoms with Crippen LogP contribution in [-0.2, 0) is 6.42 Å². The van der Waals surface area contributed by atoms with Gasteiger partial charge in [0.2, 0.25) is 0 Å². The fourth-order valence-corrected chi connectivity index (χ4v) is 1.52. The molecule has 66 valence electrons. The summed E-state index contributed by atoms with van der Waals surface area (Å²) < 4.78 is 0. The van der Waals surface area contributed by atoms with Gasteiger partial charge in [-0.1, -0.05) is 24.6 Å². The lowest BCUT2D eigenvalue weighted by Gasteiger charge is -2.11. The van der Waals surface area contributed by atoms with Crippen LogP contribution in [0.4, 0.5) is 0 Å². The van der Waals surface area contributed by atoms with Gasteiger partial charge in [-0.05, 0) is 36.6 Å². The molecule has 0 spiro atoms. The van der Waals surface area contributed by atoms with E-state index in [1.165, 1.54) is 11.1 Å². The van der Waals surface area contributed by atoms with Crippen molar-refractivity contribution in [2.24, 2.45) is 5.73 Å². The number of rotatable bonds is 2. The molecule has 0 amide bonds. The maximum Gasteiger partial charge on any atom is 0.0408 e. The van der Waals surface area contributed by atoms with Crippen LogP contribution in [0.5, 0.6) is 0 Å². The topological polar surface area (TPSA) is 26.0 Å². The highest BCUT2D eigenvalue weighted by atomic mass is 35.5. The molecule has 0 heterocycles. The van der Waals surface area contributed by atoms with Gasteiger partial charge in [0, 0.05) is 11.1 Å². The zero-order valence-corrected chi connectivity index (χ0v) is 8.23. The van der Waals surface area contributed by atoms with Crippen LogP contribution in [0, 0.1) is 0 Å². The molecule has 0 aromatic heterocycles. The van der Waals surface area contributed by atoms with Crippen molar-refractivity contribution in [3.63, 3.8) is 0 Å². The van der Waals surface area contributed by atoms with Crippen molar-refractivity contribution in [2.75, 3.05) is 0 Å². The molecule has 0 radical (unpaired) electrons. The van der Waals surface area contributed by atoms with Crippen LogP contribution in [-0.4, -0.2) is 0 Å². The van der Waals surface area contributed by atoms with Gasteiger partial charge < -0.3 is 5.73 Å². The Balaban J connectivity index is 3.11. The molecule has 12 heavy (non-hydrogen) atoms. The second kappa shape index (κ2) is 3.92. The van der Waals surface area contributed by atoms with Crippen molar-refractivity contribution in [3.8, 4) is 0 Å². The van der Waals surface area contributed by atoms with Crippen molar-refractivity contribution in [3.05, 3.63) is 34.3 Å². The van der Waals surface area contributed by atoms with E-state index in [1.807, 2.05) is 25.1 Å². The summed E-state index contributed by atoms with van der Waals surface area (Å²) in [4.78, 5) is 0. The molecule has 0 saturated carbocycles. The van der Waals surface area contributed by atoms with Crippen molar-refractivity contribution in [1.82, 2.24) is 0 Å². The van der Waals surface area contributed by atoms with Crippen LogP contribution in [0.2, 0.25) is 5.02 Å². The first kappa shape index (κ1) is 9.56. The van der Waals surface area contributed by atoms with Crippen LogP contribution < -0.4 is 5.73 Å². The van der Waals surface area contributed by atoms with Crippen LogP contribution in [0.3, 0.4) is 0 Å². The predicted octanol–water partition coefficient (Wildman–Crippen LogP) is 2.92. The van der Waals surface area contributed by atoms with Gasteiger partial charge in [-0.3, -0.25) is 0 Å². The fourth-order valence-electron chi connectivity index (χ4n) is 1.32. The molecule has 1 aromatic rings. The van der Waals surface area contributed by atoms with Gasteiger partial charge in [0.15, 0.2) is 0 Å². The van der Waals surface area contributed by atoms with E-state index in [0.717, 1.165) is 11.4 Å². The Hall–Kier alpha value is -0.530. The maximum absolute atomic E-state index is 5.86. The molecule has 0 fully saturated rings. The zero-order valence-electron chi connectivity index (χ0n) is 7.47. The number of hydrogen-bond donors (Lipinski definition) is 1. The van der Waals surface area contributed by atoms with Crippen LogP contribution in [0.1, 0.15) is 31.0 Å². The maximum atomic E-state index is 5.86.